The highest BCUT2D eigenvalue weighted by atomic mass is 19.1. The summed E-state index contributed by atoms with van der Waals surface area (Å²) in [6, 6.07) is 12.7. The third-order valence-corrected chi connectivity index (χ3v) is 4.25. The summed E-state index contributed by atoms with van der Waals surface area (Å²) in [6.45, 7) is 3.77. The minimum absolute atomic E-state index is 0.00181. The average Bonchev–Trinajstić information content (AvgIpc) is 3.47. The van der Waals surface area contributed by atoms with Crippen molar-refractivity contribution in [3.8, 4) is 23.3 Å². The first-order valence-corrected chi connectivity index (χ1v) is 8.77. The van der Waals surface area contributed by atoms with Crippen LogP contribution in [-0.4, -0.2) is 11.6 Å². The molecule has 1 fully saturated rings. The van der Waals surface area contributed by atoms with Crippen LogP contribution in [0, 0.1) is 23.6 Å². The van der Waals surface area contributed by atoms with Crippen molar-refractivity contribution in [3.05, 3.63) is 59.9 Å². The van der Waals surface area contributed by atoms with E-state index in [0.717, 1.165) is 12.8 Å². The van der Waals surface area contributed by atoms with E-state index < -0.39 is 17.4 Å². The molecule has 4 heteroatoms. The van der Waals surface area contributed by atoms with Crippen LogP contribution in [0.1, 0.15) is 43.5 Å². The van der Waals surface area contributed by atoms with Gasteiger partial charge in [-0.25, -0.2) is 9.18 Å². The molecule has 0 amide bonds. The number of hydrogen-bond acceptors (Lipinski definition) is 3. The van der Waals surface area contributed by atoms with Crippen LogP contribution >= 0.6 is 0 Å². The first kappa shape index (κ1) is 18.0. The summed E-state index contributed by atoms with van der Waals surface area (Å²) in [5, 5.41) is 0. The van der Waals surface area contributed by atoms with E-state index in [2.05, 4.69) is 11.8 Å². The van der Waals surface area contributed by atoms with Gasteiger partial charge in [-0.05, 0) is 56.5 Å². The van der Waals surface area contributed by atoms with E-state index in [9.17, 15) is 9.18 Å². The summed E-state index contributed by atoms with van der Waals surface area (Å²) in [6.07, 6.45) is 2.83. The Bertz CT molecular complexity index is 847. The van der Waals surface area contributed by atoms with Crippen molar-refractivity contribution in [2.24, 2.45) is 5.92 Å². The Morgan fingerprint density at radius 2 is 1.96 bits per heavy atom. The largest absolute Gasteiger partial charge is 0.472 e. The third kappa shape index (κ3) is 4.64. The smallest absolute Gasteiger partial charge is 0.343 e. The maximum absolute atomic E-state index is 14.2. The molecule has 0 saturated heterocycles. The van der Waals surface area contributed by atoms with Gasteiger partial charge in [0.2, 0.25) is 0 Å². The topological polar surface area (TPSA) is 35.5 Å². The normalized spacial score (nSPS) is 15.3. The van der Waals surface area contributed by atoms with E-state index in [0.29, 0.717) is 18.1 Å². The van der Waals surface area contributed by atoms with Crippen molar-refractivity contribution in [3.63, 3.8) is 0 Å². The molecule has 3 nitrogen and oxygen atoms in total. The van der Waals surface area contributed by atoms with Gasteiger partial charge in [0.25, 0.3) is 0 Å². The molecule has 0 heterocycles. The predicted octanol–water partition coefficient (Wildman–Crippen LogP) is 5.01. The van der Waals surface area contributed by atoms with Gasteiger partial charge >= 0.3 is 5.97 Å². The van der Waals surface area contributed by atoms with Gasteiger partial charge in [-0.15, -0.1) is 0 Å². The van der Waals surface area contributed by atoms with Crippen molar-refractivity contribution in [2.75, 3.05) is 0 Å². The number of halogens is 1. The molecule has 0 radical (unpaired) electrons. The van der Waals surface area contributed by atoms with Crippen molar-refractivity contribution >= 4 is 5.97 Å². The van der Waals surface area contributed by atoms with Crippen LogP contribution in [0.15, 0.2) is 48.5 Å². The Balaban J connectivity index is 1.78. The third-order valence-electron chi connectivity index (χ3n) is 4.25. The van der Waals surface area contributed by atoms with Gasteiger partial charge in [-0.1, -0.05) is 37.0 Å². The second kappa shape index (κ2) is 7.61. The average molecular weight is 352 g/mol. The summed E-state index contributed by atoms with van der Waals surface area (Å²) in [4.78, 5) is 12.3. The monoisotopic (exact) mass is 352 g/mol. The van der Waals surface area contributed by atoms with Crippen LogP contribution in [0.2, 0.25) is 0 Å². The van der Waals surface area contributed by atoms with E-state index in [1.807, 2.05) is 19.9 Å². The van der Waals surface area contributed by atoms with Crippen LogP contribution in [0.3, 0.4) is 0 Å². The zero-order valence-electron chi connectivity index (χ0n) is 14.9. The molecule has 0 bridgehead atoms. The molecule has 2 aromatic rings. The first-order chi connectivity index (χ1) is 12.5. The number of benzene rings is 2. The van der Waals surface area contributed by atoms with Gasteiger partial charge in [0.1, 0.15) is 5.75 Å². The highest BCUT2D eigenvalue weighted by Crippen LogP contribution is 2.30. The van der Waals surface area contributed by atoms with Gasteiger partial charge in [0.05, 0.1) is 5.56 Å². The molecular weight excluding hydrogens is 331 g/mol. The Morgan fingerprint density at radius 1 is 1.23 bits per heavy atom. The molecule has 1 saturated carbocycles. The first-order valence-electron chi connectivity index (χ1n) is 8.77. The zero-order chi connectivity index (χ0) is 18.6. The van der Waals surface area contributed by atoms with Crippen LogP contribution in [-0.2, 0) is 0 Å². The summed E-state index contributed by atoms with van der Waals surface area (Å²) < 4.78 is 25.4. The second-order valence-electron chi connectivity index (χ2n) is 6.58. The molecule has 134 valence electrons. The summed E-state index contributed by atoms with van der Waals surface area (Å²) in [7, 11) is 0. The number of para-hydroxylation sites is 1. The Kier molecular flexibility index (Phi) is 5.27. The lowest BCUT2D eigenvalue weighted by Crippen LogP contribution is -2.30. The molecule has 0 aliphatic heterocycles. The number of carbonyl (C=O) groups is 1. The molecule has 0 N–H and O–H groups in total. The maximum atomic E-state index is 14.2. The number of ether oxygens (including phenoxy) is 2. The van der Waals surface area contributed by atoms with Crippen molar-refractivity contribution in [1.82, 2.24) is 0 Å². The lowest BCUT2D eigenvalue weighted by Gasteiger charge is -2.24. The Morgan fingerprint density at radius 3 is 2.62 bits per heavy atom. The van der Waals surface area contributed by atoms with E-state index in [1.54, 1.807) is 24.3 Å². The van der Waals surface area contributed by atoms with Crippen molar-refractivity contribution in [2.45, 2.75) is 38.7 Å². The van der Waals surface area contributed by atoms with Gasteiger partial charge in [0.15, 0.2) is 17.2 Å². The Labute approximate surface area is 153 Å². The highest BCUT2D eigenvalue weighted by molar-refractivity contribution is 5.91. The van der Waals surface area contributed by atoms with E-state index >= 15 is 0 Å². The predicted molar refractivity (Wildman–Crippen MR) is 97.6 cm³/mol. The number of hydrogen-bond donors (Lipinski definition) is 0. The number of rotatable bonds is 5. The fourth-order valence-corrected chi connectivity index (χ4v) is 2.27. The van der Waals surface area contributed by atoms with Crippen molar-refractivity contribution < 1.29 is 18.7 Å². The van der Waals surface area contributed by atoms with Crippen LogP contribution in [0.4, 0.5) is 4.39 Å². The van der Waals surface area contributed by atoms with Gasteiger partial charge in [-0.2, -0.15) is 0 Å². The van der Waals surface area contributed by atoms with Gasteiger partial charge < -0.3 is 9.47 Å². The molecule has 0 spiro atoms. The minimum Gasteiger partial charge on any atom is -0.472 e. The van der Waals surface area contributed by atoms with Gasteiger partial charge in [0, 0.05) is 5.92 Å². The molecule has 3 rings (SSSR count). The summed E-state index contributed by atoms with van der Waals surface area (Å²) >= 11 is 0. The van der Waals surface area contributed by atoms with E-state index in [1.165, 1.54) is 18.2 Å². The SMILES string of the molecule is CCC(C)(C#CC1CC1)Oc1cc(C(=O)Oc2ccccc2)ccc1F. The van der Waals surface area contributed by atoms with Gasteiger partial charge in [-0.3, -0.25) is 0 Å². The quantitative estimate of drug-likeness (QED) is 0.431. The van der Waals surface area contributed by atoms with Crippen molar-refractivity contribution in [1.29, 1.82) is 0 Å². The molecule has 26 heavy (non-hydrogen) atoms. The maximum Gasteiger partial charge on any atom is 0.343 e. The van der Waals surface area contributed by atoms with E-state index in [4.69, 9.17) is 9.47 Å². The lowest BCUT2D eigenvalue weighted by atomic mass is 10.0. The number of esters is 1. The fourth-order valence-electron chi connectivity index (χ4n) is 2.27. The minimum atomic E-state index is -0.800. The molecule has 1 atom stereocenters. The van der Waals surface area contributed by atoms with Crippen LogP contribution in [0.25, 0.3) is 0 Å². The summed E-state index contributed by atoms with van der Waals surface area (Å²) in [5.41, 5.74) is -0.579. The zero-order valence-corrected chi connectivity index (χ0v) is 14.9. The molecular formula is C22H21FO3. The molecule has 0 aromatic heterocycles. The Hall–Kier alpha value is -2.80. The summed E-state index contributed by atoms with van der Waals surface area (Å²) in [5.74, 6) is 6.05. The van der Waals surface area contributed by atoms with Crippen LogP contribution < -0.4 is 9.47 Å². The molecule has 1 unspecified atom stereocenters. The highest BCUT2D eigenvalue weighted by Gasteiger charge is 2.26. The van der Waals surface area contributed by atoms with Crippen LogP contribution in [0.5, 0.6) is 11.5 Å². The molecule has 1 aliphatic carbocycles. The standard InChI is InChI=1S/C22H21FO3/c1-3-22(2,14-13-16-9-10-16)26-20-15-17(11-12-19(20)23)21(24)25-18-7-5-4-6-8-18/h4-8,11-12,15-16H,3,9-10H2,1-2H3. The number of carbonyl (C=O) groups excluding carboxylic acids is 1. The lowest BCUT2D eigenvalue weighted by molar-refractivity contribution is 0.0732. The van der Waals surface area contributed by atoms with E-state index in [-0.39, 0.29) is 11.3 Å². The molecule has 2 aromatic carbocycles. The fraction of sp³-hybridized carbons (Fsp3) is 0.318. The molecule has 1 aliphatic rings. The second-order valence-corrected chi connectivity index (χ2v) is 6.58.